The van der Waals surface area contributed by atoms with Crippen LogP contribution in [0.3, 0.4) is 0 Å². The maximum Gasteiger partial charge on any atom is 0.256 e. The number of carbonyl (C=O) groups is 2. The zero-order valence-electron chi connectivity index (χ0n) is 12.6. The van der Waals surface area contributed by atoms with E-state index in [1.807, 2.05) is 30.3 Å². The molecule has 0 aliphatic carbocycles. The topological polar surface area (TPSA) is 82.3 Å². The molecule has 2 amide bonds. The standard InChI is InChI=1S/C15H22N4O2/c1-15(2,3)14(21)19-18-13(20)12-9-11(16-17-12)10-7-5-4-6-8-10/h4-8,11-12,16-17H,9H2,1-3H3,(H,18,20)(H,19,21). The molecular formula is C15H22N4O2. The van der Waals surface area contributed by atoms with Crippen molar-refractivity contribution in [2.45, 2.75) is 39.3 Å². The van der Waals surface area contributed by atoms with E-state index in [2.05, 4.69) is 21.7 Å². The van der Waals surface area contributed by atoms with Gasteiger partial charge in [-0.05, 0) is 12.0 Å². The number of amides is 2. The zero-order chi connectivity index (χ0) is 15.5. The van der Waals surface area contributed by atoms with Gasteiger partial charge in [0.1, 0.15) is 6.04 Å². The molecule has 2 unspecified atom stereocenters. The minimum atomic E-state index is -0.540. The molecule has 21 heavy (non-hydrogen) atoms. The first-order valence-corrected chi connectivity index (χ1v) is 7.04. The lowest BCUT2D eigenvalue weighted by Crippen LogP contribution is -2.52. The third-order valence-corrected chi connectivity index (χ3v) is 3.40. The summed E-state index contributed by atoms with van der Waals surface area (Å²) in [5.41, 5.74) is 11.5. The highest BCUT2D eigenvalue weighted by Gasteiger charge is 2.30. The zero-order valence-corrected chi connectivity index (χ0v) is 12.6. The third-order valence-electron chi connectivity index (χ3n) is 3.40. The van der Waals surface area contributed by atoms with Crippen molar-refractivity contribution in [1.29, 1.82) is 0 Å². The van der Waals surface area contributed by atoms with E-state index in [9.17, 15) is 9.59 Å². The smallest absolute Gasteiger partial charge is 0.256 e. The second kappa shape index (κ2) is 6.24. The molecule has 1 aromatic rings. The molecule has 4 N–H and O–H groups in total. The summed E-state index contributed by atoms with van der Waals surface area (Å²) in [5, 5.41) is 0. The highest BCUT2D eigenvalue weighted by Crippen LogP contribution is 2.21. The Morgan fingerprint density at radius 3 is 2.38 bits per heavy atom. The second-order valence-corrected chi connectivity index (χ2v) is 6.23. The Morgan fingerprint density at radius 2 is 1.76 bits per heavy atom. The largest absolute Gasteiger partial charge is 0.273 e. The van der Waals surface area contributed by atoms with Crippen LogP contribution < -0.4 is 21.7 Å². The maximum absolute atomic E-state index is 12.0. The van der Waals surface area contributed by atoms with Crippen LogP contribution in [-0.4, -0.2) is 17.9 Å². The van der Waals surface area contributed by atoms with Crippen molar-refractivity contribution >= 4 is 11.8 Å². The van der Waals surface area contributed by atoms with Crippen LogP contribution in [0.5, 0.6) is 0 Å². The van der Waals surface area contributed by atoms with Gasteiger partial charge in [0.2, 0.25) is 5.91 Å². The van der Waals surface area contributed by atoms with Crippen LogP contribution in [0.1, 0.15) is 38.8 Å². The summed E-state index contributed by atoms with van der Waals surface area (Å²) in [6.45, 7) is 5.36. The molecule has 1 aromatic carbocycles. The monoisotopic (exact) mass is 290 g/mol. The lowest BCUT2D eigenvalue weighted by Gasteiger charge is -2.19. The Morgan fingerprint density at radius 1 is 1.10 bits per heavy atom. The molecule has 6 nitrogen and oxygen atoms in total. The number of carbonyl (C=O) groups excluding carboxylic acids is 2. The van der Waals surface area contributed by atoms with Crippen molar-refractivity contribution in [2.75, 3.05) is 0 Å². The van der Waals surface area contributed by atoms with Crippen LogP contribution in [0.25, 0.3) is 0 Å². The van der Waals surface area contributed by atoms with E-state index in [-0.39, 0.29) is 23.9 Å². The van der Waals surface area contributed by atoms with Gasteiger partial charge in [0.05, 0.1) is 0 Å². The molecule has 6 heteroatoms. The second-order valence-electron chi connectivity index (χ2n) is 6.23. The number of hydrogen-bond donors (Lipinski definition) is 4. The lowest BCUT2D eigenvalue weighted by atomic mass is 9.96. The van der Waals surface area contributed by atoms with Gasteiger partial charge in [-0.25, -0.2) is 10.9 Å². The predicted molar refractivity (Wildman–Crippen MR) is 79.6 cm³/mol. The fourth-order valence-electron chi connectivity index (χ4n) is 2.03. The lowest BCUT2D eigenvalue weighted by molar-refractivity contribution is -0.134. The molecule has 2 rings (SSSR count). The van der Waals surface area contributed by atoms with Gasteiger partial charge in [-0.15, -0.1) is 0 Å². The molecule has 114 valence electrons. The van der Waals surface area contributed by atoms with Crippen LogP contribution >= 0.6 is 0 Å². The van der Waals surface area contributed by atoms with Gasteiger partial charge >= 0.3 is 0 Å². The van der Waals surface area contributed by atoms with Crippen molar-refractivity contribution in [3.8, 4) is 0 Å². The molecule has 0 bridgehead atoms. The fourth-order valence-corrected chi connectivity index (χ4v) is 2.03. The quantitative estimate of drug-likeness (QED) is 0.607. The fraction of sp³-hybridized carbons (Fsp3) is 0.467. The molecule has 0 radical (unpaired) electrons. The van der Waals surface area contributed by atoms with Crippen LogP contribution in [-0.2, 0) is 9.59 Å². The number of hydrazine groups is 2. The summed E-state index contributed by atoms with van der Waals surface area (Å²) in [4.78, 5) is 23.7. The van der Waals surface area contributed by atoms with E-state index in [1.165, 1.54) is 0 Å². The first-order chi connectivity index (χ1) is 9.88. The molecule has 1 heterocycles. The number of nitrogens with one attached hydrogen (secondary N) is 4. The predicted octanol–water partition coefficient (Wildman–Crippen LogP) is 0.788. The SMILES string of the molecule is CC(C)(C)C(=O)NNC(=O)C1CC(c2ccccc2)NN1. The van der Waals surface area contributed by atoms with E-state index in [1.54, 1.807) is 20.8 Å². The third kappa shape index (κ3) is 4.03. The van der Waals surface area contributed by atoms with Crippen LogP contribution in [0, 0.1) is 5.41 Å². The van der Waals surface area contributed by atoms with Gasteiger partial charge in [0.15, 0.2) is 0 Å². The van der Waals surface area contributed by atoms with Gasteiger partial charge in [-0.3, -0.25) is 20.4 Å². The van der Waals surface area contributed by atoms with E-state index in [0.29, 0.717) is 6.42 Å². The van der Waals surface area contributed by atoms with Crippen molar-refractivity contribution in [3.63, 3.8) is 0 Å². The molecule has 1 aliphatic rings. The van der Waals surface area contributed by atoms with Gasteiger partial charge in [0.25, 0.3) is 5.91 Å². The Hall–Kier alpha value is -1.92. The van der Waals surface area contributed by atoms with Crippen LogP contribution in [0.4, 0.5) is 0 Å². The summed E-state index contributed by atoms with van der Waals surface area (Å²) in [5.74, 6) is -0.472. The van der Waals surface area contributed by atoms with Crippen molar-refractivity contribution in [3.05, 3.63) is 35.9 Å². The van der Waals surface area contributed by atoms with Gasteiger partial charge in [0, 0.05) is 11.5 Å². The molecule has 0 aromatic heterocycles. The number of benzene rings is 1. The van der Waals surface area contributed by atoms with Gasteiger partial charge in [-0.1, -0.05) is 51.1 Å². The van der Waals surface area contributed by atoms with Gasteiger partial charge < -0.3 is 0 Å². The maximum atomic E-state index is 12.0. The van der Waals surface area contributed by atoms with E-state index in [0.717, 1.165) is 5.56 Å². The minimum absolute atomic E-state index is 0.0836. The molecular weight excluding hydrogens is 268 g/mol. The van der Waals surface area contributed by atoms with Crippen LogP contribution in [0.15, 0.2) is 30.3 Å². The molecule has 1 saturated heterocycles. The Kier molecular flexibility index (Phi) is 4.59. The molecule has 0 saturated carbocycles. The highest BCUT2D eigenvalue weighted by atomic mass is 16.2. The molecule has 2 atom stereocenters. The minimum Gasteiger partial charge on any atom is -0.273 e. The summed E-state index contributed by atoms with van der Waals surface area (Å²) in [6, 6.07) is 9.62. The van der Waals surface area contributed by atoms with Crippen molar-refractivity contribution < 1.29 is 9.59 Å². The van der Waals surface area contributed by atoms with Gasteiger partial charge in [-0.2, -0.15) is 0 Å². The molecule has 0 spiro atoms. The summed E-state index contributed by atoms with van der Waals surface area (Å²) in [6.07, 6.45) is 0.626. The highest BCUT2D eigenvalue weighted by molar-refractivity contribution is 5.87. The van der Waals surface area contributed by atoms with E-state index >= 15 is 0 Å². The van der Waals surface area contributed by atoms with Crippen LogP contribution in [0.2, 0.25) is 0 Å². The number of hydrogen-bond acceptors (Lipinski definition) is 4. The molecule has 1 fully saturated rings. The Bertz CT molecular complexity index is 510. The van der Waals surface area contributed by atoms with Crippen molar-refractivity contribution in [1.82, 2.24) is 21.7 Å². The summed E-state index contributed by atoms with van der Waals surface area (Å²) in [7, 11) is 0. The Balaban J connectivity index is 1.84. The first kappa shape index (κ1) is 15.5. The normalized spacial score (nSPS) is 21.9. The average Bonchev–Trinajstić information content (AvgIpc) is 2.94. The first-order valence-electron chi connectivity index (χ1n) is 7.04. The Labute approximate surface area is 124 Å². The van der Waals surface area contributed by atoms with E-state index < -0.39 is 5.41 Å². The summed E-state index contributed by atoms with van der Waals surface area (Å²) < 4.78 is 0. The van der Waals surface area contributed by atoms with Crippen molar-refractivity contribution in [2.24, 2.45) is 5.41 Å². The average molecular weight is 290 g/mol. The summed E-state index contributed by atoms with van der Waals surface area (Å²) >= 11 is 0. The van der Waals surface area contributed by atoms with E-state index in [4.69, 9.17) is 0 Å². The number of rotatable bonds is 2. The molecule has 1 aliphatic heterocycles.